The largest absolute Gasteiger partial charge is 0.345 e. The van der Waals surface area contributed by atoms with Gasteiger partial charge in [0, 0.05) is 42.6 Å². The second-order valence-corrected chi connectivity index (χ2v) is 8.71. The zero-order valence-electron chi connectivity index (χ0n) is 15.6. The summed E-state index contributed by atoms with van der Waals surface area (Å²) in [5, 5.41) is 0. The lowest BCUT2D eigenvalue weighted by Crippen LogP contribution is -2.44. The van der Waals surface area contributed by atoms with Crippen LogP contribution in [0.4, 0.5) is 0 Å². The first-order chi connectivity index (χ1) is 12.5. The zero-order chi connectivity index (χ0) is 18.5. The van der Waals surface area contributed by atoms with Crippen LogP contribution in [0.3, 0.4) is 0 Å². The van der Waals surface area contributed by atoms with Gasteiger partial charge in [-0.3, -0.25) is 9.59 Å². The third-order valence-electron chi connectivity index (χ3n) is 5.86. The third kappa shape index (κ3) is 4.87. The van der Waals surface area contributed by atoms with E-state index in [0.29, 0.717) is 24.6 Å². The lowest BCUT2D eigenvalue weighted by molar-refractivity contribution is -0.136. The lowest BCUT2D eigenvalue weighted by atomic mass is 9.88. The Hall–Kier alpha value is -1.36. The molecule has 0 bridgehead atoms. The highest BCUT2D eigenvalue weighted by molar-refractivity contribution is 9.10. The summed E-state index contributed by atoms with van der Waals surface area (Å²) in [5.74, 6) is 1.08. The molecule has 1 saturated heterocycles. The highest BCUT2D eigenvalue weighted by Crippen LogP contribution is 2.26. The molecule has 5 heteroatoms. The highest BCUT2D eigenvalue weighted by atomic mass is 79.9. The first kappa shape index (κ1) is 19.4. The van der Waals surface area contributed by atoms with Gasteiger partial charge in [0.15, 0.2) is 0 Å². The van der Waals surface area contributed by atoms with Crippen molar-refractivity contribution in [3.05, 3.63) is 34.3 Å². The monoisotopic (exact) mass is 420 g/mol. The molecule has 1 aromatic carbocycles. The van der Waals surface area contributed by atoms with Crippen LogP contribution in [0.25, 0.3) is 0 Å². The Morgan fingerprint density at radius 3 is 2.27 bits per heavy atom. The summed E-state index contributed by atoms with van der Waals surface area (Å²) < 4.78 is 0.972. The summed E-state index contributed by atoms with van der Waals surface area (Å²) >= 11 is 3.40. The predicted octanol–water partition coefficient (Wildman–Crippen LogP) is 4.34. The fraction of sp³-hybridized carbons (Fsp3) is 0.619. The van der Waals surface area contributed by atoms with Crippen molar-refractivity contribution in [2.45, 2.75) is 44.9 Å². The van der Waals surface area contributed by atoms with Gasteiger partial charge in [-0.1, -0.05) is 35.2 Å². The van der Waals surface area contributed by atoms with Crippen LogP contribution in [0.2, 0.25) is 0 Å². The van der Waals surface area contributed by atoms with Crippen LogP contribution in [-0.2, 0) is 4.79 Å². The Morgan fingerprint density at radius 2 is 1.65 bits per heavy atom. The van der Waals surface area contributed by atoms with Gasteiger partial charge >= 0.3 is 0 Å². The molecule has 2 aliphatic rings. The Bertz CT molecular complexity index is 617. The number of likely N-dealkylation sites (tertiary alicyclic amines) is 1. The van der Waals surface area contributed by atoms with Gasteiger partial charge in [-0.25, -0.2) is 0 Å². The van der Waals surface area contributed by atoms with Crippen molar-refractivity contribution in [1.82, 2.24) is 9.80 Å². The molecule has 1 aliphatic heterocycles. The van der Waals surface area contributed by atoms with E-state index in [-0.39, 0.29) is 17.7 Å². The van der Waals surface area contributed by atoms with Gasteiger partial charge in [-0.2, -0.15) is 0 Å². The maximum absolute atomic E-state index is 12.8. The standard InChI is InChI=1S/C21H29BrN2O2/c1-23(15-16-5-3-2-4-6-16)20(25)18-11-13-24(14-12-18)21(26)17-7-9-19(22)10-8-17/h7-10,16,18H,2-6,11-15H2,1H3. The number of hydrogen-bond acceptors (Lipinski definition) is 2. The molecule has 0 radical (unpaired) electrons. The normalized spacial score (nSPS) is 19.4. The number of halogens is 1. The zero-order valence-corrected chi connectivity index (χ0v) is 17.2. The molecule has 1 heterocycles. The molecule has 142 valence electrons. The maximum atomic E-state index is 12.8. The van der Waals surface area contributed by atoms with Crippen LogP contribution < -0.4 is 0 Å². The molecule has 1 saturated carbocycles. The number of amides is 2. The molecule has 0 unspecified atom stereocenters. The summed E-state index contributed by atoms with van der Waals surface area (Å²) in [7, 11) is 1.95. The molecule has 26 heavy (non-hydrogen) atoms. The van der Waals surface area contributed by atoms with Gasteiger partial charge in [0.05, 0.1) is 0 Å². The molecular weight excluding hydrogens is 392 g/mol. The van der Waals surface area contributed by atoms with Gasteiger partial charge in [0.1, 0.15) is 0 Å². The highest BCUT2D eigenvalue weighted by Gasteiger charge is 2.30. The fourth-order valence-corrected chi connectivity index (χ4v) is 4.53. The van der Waals surface area contributed by atoms with Crippen molar-refractivity contribution in [3.63, 3.8) is 0 Å². The minimum atomic E-state index is 0.0672. The van der Waals surface area contributed by atoms with Gasteiger partial charge < -0.3 is 9.80 Å². The quantitative estimate of drug-likeness (QED) is 0.726. The van der Waals surface area contributed by atoms with Gasteiger partial charge in [-0.15, -0.1) is 0 Å². The Kier molecular flexibility index (Phi) is 6.74. The summed E-state index contributed by atoms with van der Waals surface area (Å²) in [4.78, 5) is 29.2. The second-order valence-electron chi connectivity index (χ2n) is 7.80. The van der Waals surface area contributed by atoms with Gasteiger partial charge in [0.2, 0.25) is 5.91 Å². The first-order valence-electron chi connectivity index (χ1n) is 9.84. The van der Waals surface area contributed by atoms with Crippen LogP contribution in [0, 0.1) is 11.8 Å². The van der Waals surface area contributed by atoms with Crippen LogP contribution in [0.15, 0.2) is 28.7 Å². The van der Waals surface area contributed by atoms with E-state index in [0.717, 1.165) is 23.9 Å². The first-order valence-corrected chi connectivity index (χ1v) is 10.6. The van der Waals surface area contributed by atoms with Crippen LogP contribution >= 0.6 is 15.9 Å². The van der Waals surface area contributed by atoms with E-state index in [9.17, 15) is 9.59 Å². The third-order valence-corrected chi connectivity index (χ3v) is 6.38. The van der Waals surface area contributed by atoms with Crippen molar-refractivity contribution in [3.8, 4) is 0 Å². The Balaban J connectivity index is 1.48. The van der Waals surface area contributed by atoms with E-state index in [2.05, 4.69) is 15.9 Å². The van der Waals surface area contributed by atoms with Gasteiger partial charge in [-0.05, 0) is 55.9 Å². The van der Waals surface area contributed by atoms with E-state index >= 15 is 0 Å². The molecule has 3 rings (SSSR count). The van der Waals surface area contributed by atoms with Crippen LogP contribution in [-0.4, -0.2) is 48.3 Å². The molecule has 1 aliphatic carbocycles. The number of carbonyl (C=O) groups excluding carboxylic acids is 2. The molecule has 2 amide bonds. The van der Waals surface area contributed by atoms with Crippen molar-refractivity contribution < 1.29 is 9.59 Å². The number of carbonyl (C=O) groups is 2. The number of hydrogen-bond donors (Lipinski definition) is 0. The maximum Gasteiger partial charge on any atom is 0.253 e. The molecule has 0 spiro atoms. The molecule has 2 fully saturated rings. The fourth-order valence-electron chi connectivity index (χ4n) is 4.26. The number of piperidine rings is 1. The number of benzene rings is 1. The van der Waals surface area contributed by atoms with Crippen molar-refractivity contribution in [1.29, 1.82) is 0 Å². The summed E-state index contributed by atoms with van der Waals surface area (Å²) in [5.41, 5.74) is 0.715. The molecule has 0 N–H and O–H groups in total. The summed E-state index contributed by atoms with van der Waals surface area (Å²) in [6.45, 7) is 2.24. The van der Waals surface area contributed by atoms with Crippen molar-refractivity contribution in [2.24, 2.45) is 11.8 Å². The van der Waals surface area contributed by atoms with E-state index < -0.39 is 0 Å². The number of nitrogens with zero attached hydrogens (tertiary/aromatic N) is 2. The Morgan fingerprint density at radius 1 is 1.04 bits per heavy atom. The van der Waals surface area contributed by atoms with E-state index in [1.54, 1.807) is 0 Å². The lowest BCUT2D eigenvalue weighted by Gasteiger charge is -2.34. The van der Waals surface area contributed by atoms with E-state index in [4.69, 9.17) is 0 Å². The van der Waals surface area contributed by atoms with Crippen LogP contribution in [0.1, 0.15) is 55.3 Å². The topological polar surface area (TPSA) is 40.6 Å². The van der Waals surface area contributed by atoms with E-state index in [1.807, 2.05) is 41.1 Å². The molecular formula is C21H29BrN2O2. The predicted molar refractivity (Wildman–Crippen MR) is 107 cm³/mol. The second kappa shape index (κ2) is 9.03. The molecule has 0 aromatic heterocycles. The van der Waals surface area contributed by atoms with Crippen molar-refractivity contribution >= 4 is 27.7 Å². The summed E-state index contributed by atoms with van der Waals surface area (Å²) in [6.07, 6.45) is 8.03. The number of rotatable bonds is 4. The SMILES string of the molecule is CN(CC1CCCCC1)C(=O)C1CCN(C(=O)c2ccc(Br)cc2)CC1. The molecule has 0 atom stereocenters. The minimum Gasteiger partial charge on any atom is -0.345 e. The minimum absolute atomic E-state index is 0.0672. The summed E-state index contributed by atoms with van der Waals surface area (Å²) in [6, 6.07) is 7.48. The average Bonchev–Trinajstić information content (AvgIpc) is 2.68. The van der Waals surface area contributed by atoms with Crippen LogP contribution in [0.5, 0.6) is 0 Å². The molecule has 4 nitrogen and oxygen atoms in total. The average molecular weight is 421 g/mol. The Labute approximate surface area is 165 Å². The van der Waals surface area contributed by atoms with Crippen molar-refractivity contribution in [2.75, 3.05) is 26.7 Å². The molecule has 1 aromatic rings. The van der Waals surface area contributed by atoms with Gasteiger partial charge in [0.25, 0.3) is 5.91 Å². The smallest absolute Gasteiger partial charge is 0.253 e. The van der Waals surface area contributed by atoms with E-state index in [1.165, 1.54) is 32.1 Å².